The van der Waals surface area contributed by atoms with E-state index in [0.717, 1.165) is 5.56 Å². The van der Waals surface area contributed by atoms with Crippen LogP contribution in [0.2, 0.25) is 0 Å². The molecule has 1 unspecified atom stereocenters. The smallest absolute Gasteiger partial charge is 0.265 e. The standard InChI is InChI=1S/C23H19F2NO3/c1-14-3-12-21(20(25)13-14)26-23(28)15(2)29-19-10-6-17(7-11-19)22(27)16-4-8-18(24)9-5-16/h3-13,15H,1-2H3,(H,26,28). The van der Waals surface area contributed by atoms with Gasteiger partial charge in [-0.05, 0) is 80.1 Å². The second-order valence-corrected chi connectivity index (χ2v) is 6.59. The van der Waals surface area contributed by atoms with Crippen LogP contribution in [-0.2, 0) is 4.79 Å². The molecular formula is C23H19F2NO3. The third kappa shape index (κ3) is 5.04. The van der Waals surface area contributed by atoms with Gasteiger partial charge < -0.3 is 10.1 Å². The fourth-order valence-electron chi connectivity index (χ4n) is 2.67. The number of hydrogen-bond donors (Lipinski definition) is 1. The van der Waals surface area contributed by atoms with E-state index in [1.165, 1.54) is 36.4 Å². The van der Waals surface area contributed by atoms with Gasteiger partial charge in [-0.15, -0.1) is 0 Å². The van der Waals surface area contributed by atoms with Crippen molar-refractivity contribution < 1.29 is 23.1 Å². The highest BCUT2D eigenvalue weighted by atomic mass is 19.1. The van der Waals surface area contributed by atoms with Gasteiger partial charge in [0.15, 0.2) is 11.9 Å². The molecule has 0 aliphatic rings. The number of halogens is 2. The van der Waals surface area contributed by atoms with Crippen LogP contribution in [0.5, 0.6) is 5.75 Å². The quantitative estimate of drug-likeness (QED) is 0.604. The van der Waals surface area contributed by atoms with E-state index >= 15 is 0 Å². The third-order valence-corrected chi connectivity index (χ3v) is 4.29. The van der Waals surface area contributed by atoms with Crippen LogP contribution in [0.25, 0.3) is 0 Å². The molecule has 148 valence electrons. The molecule has 0 radical (unpaired) electrons. The van der Waals surface area contributed by atoms with Crippen LogP contribution in [-0.4, -0.2) is 17.8 Å². The van der Waals surface area contributed by atoms with Crippen molar-refractivity contribution in [3.05, 3.63) is 95.1 Å². The van der Waals surface area contributed by atoms with Gasteiger partial charge in [0.25, 0.3) is 5.91 Å². The second kappa shape index (κ2) is 8.65. The molecule has 3 aromatic rings. The summed E-state index contributed by atoms with van der Waals surface area (Å²) in [5.41, 5.74) is 1.60. The SMILES string of the molecule is Cc1ccc(NC(=O)C(C)Oc2ccc(C(=O)c3ccc(F)cc3)cc2)c(F)c1. The van der Waals surface area contributed by atoms with Crippen molar-refractivity contribution in [1.29, 1.82) is 0 Å². The molecule has 0 heterocycles. The number of carbonyl (C=O) groups excluding carboxylic acids is 2. The number of ether oxygens (including phenoxy) is 1. The summed E-state index contributed by atoms with van der Waals surface area (Å²) in [6, 6.07) is 16.0. The van der Waals surface area contributed by atoms with Crippen molar-refractivity contribution in [2.75, 3.05) is 5.32 Å². The summed E-state index contributed by atoms with van der Waals surface area (Å²) < 4.78 is 32.4. The van der Waals surface area contributed by atoms with Gasteiger partial charge in [-0.2, -0.15) is 0 Å². The lowest BCUT2D eigenvalue weighted by Crippen LogP contribution is -2.30. The first-order valence-corrected chi connectivity index (χ1v) is 8.97. The molecule has 1 amide bonds. The third-order valence-electron chi connectivity index (χ3n) is 4.29. The maximum absolute atomic E-state index is 13.9. The molecule has 3 aromatic carbocycles. The van der Waals surface area contributed by atoms with Gasteiger partial charge in [-0.25, -0.2) is 8.78 Å². The van der Waals surface area contributed by atoms with Crippen molar-refractivity contribution in [3.8, 4) is 5.75 Å². The van der Waals surface area contributed by atoms with Crippen LogP contribution in [0, 0.1) is 18.6 Å². The van der Waals surface area contributed by atoms with E-state index in [9.17, 15) is 18.4 Å². The van der Waals surface area contributed by atoms with Gasteiger partial charge in [-0.1, -0.05) is 6.07 Å². The summed E-state index contributed by atoms with van der Waals surface area (Å²) >= 11 is 0. The van der Waals surface area contributed by atoms with Crippen LogP contribution in [0.1, 0.15) is 28.4 Å². The van der Waals surface area contributed by atoms with Gasteiger partial charge in [-0.3, -0.25) is 9.59 Å². The Morgan fingerprint density at radius 1 is 0.897 bits per heavy atom. The normalized spacial score (nSPS) is 11.6. The number of ketones is 1. The zero-order chi connectivity index (χ0) is 21.0. The number of benzene rings is 3. The Morgan fingerprint density at radius 3 is 2.07 bits per heavy atom. The Hall–Kier alpha value is -3.54. The molecule has 0 aliphatic carbocycles. The second-order valence-electron chi connectivity index (χ2n) is 6.59. The molecule has 1 N–H and O–H groups in total. The molecule has 4 nitrogen and oxygen atoms in total. The summed E-state index contributed by atoms with van der Waals surface area (Å²) in [4.78, 5) is 24.6. The Kier molecular flexibility index (Phi) is 6.02. The lowest BCUT2D eigenvalue weighted by molar-refractivity contribution is -0.122. The maximum Gasteiger partial charge on any atom is 0.265 e. The van der Waals surface area contributed by atoms with E-state index in [0.29, 0.717) is 16.9 Å². The lowest BCUT2D eigenvalue weighted by Gasteiger charge is -2.15. The minimum Gasteiger partial charge on any atom is -0.481 e. The molecular weight excluding hydrogens is 376 g/mol. The summed E-state index contributed by atoms with van der Waals surface area (Å²) in [6.07, 6.45) is -0.880. The van der Waals surface area contributed by atoms with Crippen molar-refractivity contribution in [2.45, 2.75) is 20.0 Å². The van der Waals surface area contributed by atoms with E-state index < -0.39 is 23.6 Å². The summed E-state index contributed by atoms with van der Waals surface area (Å²) in [5.74, 6) is -1.30. The van der Waals surface area contributed by atoms with E-state index in [-0.39, 0.29) is 11.5 Å². The van der Waals surface area contributed by atoms with E-state index in [2.05, 4.69) is 5.32 Å². The number of aryl methyl sites for hydroxylation is 1. The molecule has 0 fully saturated rings. The van der Waals surface area contributed by atoms with Crippen molar-refractivity contribution in [1.82, 2.24) is 0 Å². The lowest BCUT2D eigenvalue weighted by atomic mass is 10.0. The van der Waals surface area contributed by atoms with Crippen LogP contribution < -0.4 is 10.1 Å². The van der Waals surface area contributed by atoms with Crippen LogP contribution in [0.15, 0.2) is 66.7 Å². The summed E-state index contributed by atoms with van der Waals surface area (Å²) in [7, 11) is 0. The van der Waals surface area contributed by atoms with E-state index in [1.807, 2.05) is 0 Å². The Balaban J connectivity index is 1.63. The zero-order valence-corrected chi connectivity index (χ0v) is 15.9. The molecule has 0 saturated heterocycles. The zero-order valence-electron chi connectivity index (χ0n) is 15.9. The highest BCUT2D eigenvalue weighted by Crippen LogP contribution is 2.19. The average molecular weight is 395 g/mol. The van der Waals surface area contributed by atoms with Gasteiger partial charge in [0.2, 0.25) is 0 Å². The fraction of sp³-hybridized carbons (Fsp3) is 0.130. The molecule has 6 heteroatoms. The van der Waals surface area contributed by atoms with Crippen molar-refractivity contribution in [3.63, 3.8) is 0 Å². The first-order chi connectivity index (χ1) is 13.8. The average Bonchev–Trinajstić information content (AvgIpc) is 2.70. The number of anilines is 1. The van der Waals surface area contributed by atoms with Gasteiger partial charge in [0.05, 0.1) is 5.69 Å². The van der Waals surface area contributed by atoms with Crippen molar-refractivity contribution >= 4 is 17.4 Å². The first kappa shape index (κ1) is 20.2. The highest BCUT2D eigenvalue weighted by molar-refractivity contribution is 6.09. The number of nitrogens with one attached hydrogen (secondary N) is 1. The molecule has 29 heavy (non-hydrogen) atoms. The predicted octanol–water partition coefficient (Wildman–Crippen LogP) is 4.91. The predicted molar refractivity (Wildman–Crippen MR) is 106 cm³/mol. The Morgan fingerprint density at radius 2 is 1.48 bits per heavy atom. The van der Waals surface area contributed by atoms with Crippen LogP contribution in [0.3, 0.4) is 0 Å². The Labute approximate surface area is 167 Å². The number of carbonyl (C=O) groups is 2. The molecule has 0 aromatic heterocycles. The fourth-order valence-corrected chi connectivity index (χ4v) is 2.67. The number of hydrogen-bond acceptors (Lipinski definition) is 3. The van der Waals surface area contributed by atoms with E-state index in [1.54, 1.807) is 44.2 Å². The summed E-state index contributed by atoms with van der Waals surface area (Å²) in [5, 5.41) is 2.49. The first-order valence-electron chi connectivity index (χ1n) is 8.97. The van der Waals surface area contributed by atoms with Gasteiger partial charge in [0.1, 0.15) is 17.4 Å². The van der Waals surface area contributed by atoms with Crippen LogP contribution in [0.4, 0.5) is 14.5 Å². The molecule has 0 spiro atoms. The van der Waals surface area contributed by atoms with Gasteiger partial charge >= 0.3 is 0 Å². The van der Waals surface area contributed by atoms with Gasteiger partial charge in [0, 0.05) is 11.1 Å². The van der Waals surface area contributed by atoms with Crippen LogP contribution >= 0.6 is 0 Å². The number of amides is 1. The Bertz CT molecular complexity index is 1030. The molecule has 0 aliphatic heterocycles. The minimum absolute atomic E-state index is 0.0799. The molecule has 0 bridgehead atoms. The topological polar surface area (TPSA) is 55.4 Å². The largest absolute Gasteiger partial charge is 0.481 e. The van der Waals surface area contributed by atoms with Crippen molar-refractivity contribution in [2.24, 2.45) is 0 Å². The molecule has 1 atom stereocenters. The number of rotatable bonds is 6. The summed E-state index contributed by atoms with van der Waals surface area (Å²) in [6.45, 7) is 3.30. The molecule has 0 saturated carbocycles. The van der Waals surface area contributed by atoms with E-state index in [4.69, 9.17) is 4.74 Å². The highest BCUT2D eigenvalue weighted by Gasteiger charge is 2.17. The molecule has 3 rings (SSSR count). The minimum atomic E-state index is -0.880. The maximum atomic E-state index is 13.9. The monoisotopic (exact) mass is 395 g/mol.